The van der Waals surface area contributed by atoms with Gasteiger partial charge in [0.25, 0.3) is 0 Å². The highest BCUT2D eigenvalue weighted by Crippen LogP contribution is 2.24. The van der Waals surface area contributed by atoms with Gasteiger partial charge in [-0.05, 0) is 40.2 Å². The quantitative estimate of drug-likeness (QED) is 0.747. The molecule has 0 atom stereocenters. The van der Waals surface area contributed by atoms with Crippen LogP contribution in [0.4, 0.5) is 4.39 Å². The molecule has 76 valence electrons. The fraction of sp³-hybridized carbons (Fsp3) is 0. The smallest absolute Gasteiger partial charge is 0.197 e. The lowest BCUT2D eigenvalue weighted by Crippen LogP contribution is -1.90. The molecule has 2 aromatic rings. The molecule has 15 heavy (non-hydrogen) atoms. The Morgan fingerprint density at radius 1 is 1.27 bits per heavy atom. The van der Waals surface area contributed by atoms with E-state index in [1.807, 2.05) is 0 Å². The van der Waals surface area contributed by atoms with Gasteiger partial charge in [-0.25, -0.2) is 14.4 Å². The van der Waals surface area contributed by atoms with Crippen LogP contribution in [-0.4, -0.2) is 9.97 Å². The van der Waals surface area contributed by atoms with Crippen molar-refractivity contribution in [3.05, 3.63) is 46.0 Å². The van der Waals surface area contributed by atoms with Gasteiger partial charge < -0.3 is 0 Å². The van der Waals surface area contributed by atoms with Gasteiger partial charge in [-0.15, -0.1) is 0 Å². The minimum atomic E-state index is -0.356. The van der Waals surface area contributed by atoms with Gasteiger partial charge in [0.05, 0.1) is 5.69 Å². The van der Waals surface area contributed by atoms with E-state index in [0.717, 1.165) is 0 Å². The molecule has 1 aromatic carbocycles. The summed E-state index contributed by atoms with van der Waals surface area (Å²) >= 11 is 8.91. The lowest BCUT2D eigenvalue weighted by molar-refractivity contribution is 0.630. The highest BCUT2D eigenvalue weighted by Gasteiger charge is 2.07. The first-order chi connectivity index (χ1) is 7.16. The molecule has 2 nitrogen and oxygen atoms in total. The average molecular weight is 288 g/mol. The summed E-state index contributed by atoms with van der Waals surface area (Å²) in [6.45, 7) is 0. The van der Waals surface area contributed by atoms with E-state index >= 15 is 0 Å². The van der Waals surface area contributed by atoms with Crippen molar-refractivity contribution in [2.45, 2.75) is 0 Å². The van der Waals surface area contributed by atoms with E-state index < -0.39 is 0 Å². The molecule has 0 aliphatic carbocycles. The van der Waals surface area contributed by atoms with E-state index in [2.05, 4.69) is 25.9 Å². The molecule has 0 fully saturated rings. The summed E-state index contributed by atoms with van der Waals surface area (Å²) in [4.78, 5) is 7.92. The van der Waals surface area contributed by atoms with Crippen LogP contribution in [0, 0.1) is 5.82 Å². The predicted molar refractivity (Wildman–Crippen MR) is 60.1 cm³/mol. The van der Waals surface area contributed by atoms with Crippen molar-refractivity contribution in [3.63, 3.8) is 0 Å². The van der Waals surface area contributed by atoms with Gasteiger partial charge in [-0.1, -0.05) is 11.6 Å². The molecule has 0 bridgehead atoms. The molecule has 0 saturated carbocycles. The third kappa shape index (κ3) is 2.33. The van der Waals surface area contributed by atoms with Crippen molar-refractivity contribution in [2.24, 2.45) is 0 Å². The Morgan fingerprint density at radius 3 is 2.80 bits per heavy atom. The van der Waals surface area contributed by atoms with Crippen molar-refractivity contribution in [2.75, 3.05) is 0 Å². The molecule has 0 aliphatic heterocycles. The SMILES string of the molecule is Fc1ccc(Cl)cc1-c1ccnc(Br)n1. The number of benzene rings is 1. The molecule has 0 amide bonds. The van der Waals surface area contributed by atoms with E-state index in [-0.39, 0.29) is 5.82 Å². The van der Waals surface area contributed by atoms with Crippen LogP contribution in [0.1, 0.15) is 0 Å². The highest BCUT2D eigenvalue weighted by atomic mass is 79.9. The van der Waals surface area contributed by atoms with E-state index in [1.165, 1.54) is 18.2 Å². The molecular formula is C10H5BrClFN2. The third-order valence-corrected chi connectivity index (χ3v) is 2.45. The number of hydrogen-bond acceptors (Lipinski definition) is 2. The van der Waals surface area contributed by atoms with Gasteiger partial charge in [0.1, 0.15) is 5.82 Å². The van der Waals surface area contributed by atoms with E-state index in [1.54, 1.807) is 12.3 Å². The largest absolute Gasteiger partial charge is 0.231 e. The van der Waals surface area contributed by atoms with Crippen molar-refractivity contribution >= 4 is 27.5 Å². The third-order valence-electron chi connectivity index (χ3n) is 1.83. The Balaban J connectivity index is 2.58. The molecular weight excluding hydrogens is 282 g/mol. The van der Waals surface area contributed by atoms with E-state index in [4.69, 9.17) is 11.6 Å². The molecule has 0 saturated heterocycles. The monoisotopic (exact) mass is 286 g/mol. The fourth-order valence-corrected chi connectivity index (χ4v) is 1.66. The summed E-state index contributed by atoms with van der Waals surface area (Å²) in [6, 6.07) is 5.97. The number of hydrogen-bond donors (Lipinski definition) is 0. The number of nitrogens with zero attached hydrogens (tertiary/aromatic N) is 2. The minimum absolute atomic E-state index is 0.356. The maximum Gasteiger partial charge on any atom is 0.197 e. The Kier molecular flexibility index (Phi) is 2.98. The van der Waals surface area contributed by atoms with Gasteiger partial charge in [-0.3, -0.25) is 0 Å². The Labute approximate surface area is 99.3 Å². The summed E-state index contributed by atoms with van der Waals surface area (Å²) < 4.78 is 13.9. The van der Waals surface area contributed by atoms with Gasteiger partial charge in [0.2, 0.25) is 0 Å². The molecule has 0 spiro atoms. The summed E-state index contributed by atoms with van der Waals surface area (Å²) in [5.74, 6) is -0.356. The van der Waals surface area contributed by atoms with Gasteiger partial charge >= 0.3 is 0 Å². The van der Waals surface area contributed by atoms with Crippen LogP contribution in [0.3, 0.4) is 0 Å². The highest BCUT2D eigenvalue weighted by molar-refractivity contribution is 9.10. The van der Waals surface area contributed by atoms with Gasteiger partial charge in [-0.2, -0.15) is 0 Å². The van der Waals surface area contributed by atoms with E-state index in [0.29, 0.717) is 21.0 Å². The average Bonchev–Trinajstić information content (AvgIpc) is 2.22. The van der Waals surface area contributed by atoms with Crippen LogP contribution in [0.25, 0.3) is 11.3 Å². The second kappa shape index (κ2) is 4.24. The van der Waals surface area contributed by atoms with Gasteiger partial charge in [0.15, 0.2) is 4.73 Å². The number of rotatable bonds is 1. The number of aromatic nitrogens is 2. The fourth-order valence-electron chi connectivity index (χ4n) is 1.18. The molecule has 2 rings (SSSR count). The van der Waals surface area contributed by atoms with Crippen LogP contribution in [-0.2, 0) is 0 Å². The number of halogens is 3. The lowest BCUT2D eigenvalue weighted by atomic mass is 10.1. The van der Waals surface area contributed by atoms with Crippen LogP contribution in [0.5, 0.6) is 0 Å². The second-order valence-electron chi connectivity index (χ2n) is 2.84. The first kappa shape index (κ1) is 10.5. The van der Waals surface area contributed by atoms with Crippen molar-refractivity contribution in [1.29, 1.82) is 0 Å². The van der Waals surface area contributed by atoms with E-state index in [9.17, 15) is 4.39 Å². The molecule has 1 aromatic heterocycles. The standard InChI is InChI=1S/C10H5BrClFN2/c11-10-14-4-3-9(15-10)7-5-6(12)1-2-8(7)13/h1-5H. The summed E-state index contributed by atoms with van der Waals surface area (Å²) in [7, 11) is 0. The first-order valence-corrected chi connectivity index (χ1v) is 5.28. The molecule has 5 heteroatoms. The van der Waals surface area contributed by atoms with Crippen molar-refractivity contribution < 1.29 is 4.39 Å². The maximum atomic E-state index is 13.5. The molecule has 0 N–H and O–H groups in total. The zero-order valence-electron chi connectivity index (χ0n) is 7.42. The minimum Gasteiger partial charge on any atom is -0.231 e. The van der Waals surface area contributed by atoms with Crippen molar-refractivity contribution in [3.8, 4) is 11.3 Å². The van der Waals surface area contributed by atoms with Crippen LogP contribution in [0.15, 0.2) is 35.2 Å². The molecule has 0 unspecified atom stereocenters. The van der Waals surface area contributed by atoms with Crippen LogP contribution >= 0.6 is 27.5 Å². The van der Waals surface area contributed by atoms with Gasteiger partial charge in [0, 0.05) is 16.8 Å². The molecule has 0 aliphatic rings. The Hall–Kier alpha value is -1.00. The summed E-state index contributed by atoms with van der Waals surface area (Å²) in [6.07, 6.45) is 1.55. The summed E-state index contributed by atoms with van der Waals surface area (Å²) in [5, 5.41) is 0.473. The normalized spacial score (nSPS) is 10.3. The predicted octanol–water partition coefficient (Wildman–Crippen LogP) is 3.70. The van der Waals surface area contributed by atoms with Crippen molar-refractivity contribution in [1.82, 2.24) is 9.97 Å². The van der Waals surface area contributed by atoms with Crippen LogP contribution in [0.2, 0.25) is 5.02 Å². The lowest BCUT2D eigenvalue weighted by Gasteiger charge is -2.02. The Morgan fingerprint density at radius 2 is 2.07 bits per heavy atom. The summed E-state index contributed by atoms with van der Waals surface area (Å²) in [5.41, 5.74) is 0.863. The molecule has 0 radical (unpaired) electrons. The van der Waals surface area contributed by atoms with Crippen LogP contribution < -0.4 is 0 Å². The zero-order chi connectivity index (χ0) is 10.8. The molecule has 1 heterocycles. The zero-order valence-corrected chi connectivity index (χ0v) is 9.76. The second-order valence-corrected chi connectivity index (χ2v) is 3.98. The Bertz CT molecular complexity index is 505. The first-order valence-electron chi connectivity index (χ1n) is 4.11. The maximum absolute atomic E-state index is 13.5. The topological polar surface area (TPSA) is 25.8 Å².